The predicted molar refractivity (Wildman–Crippen MR) is 160 cm³/mol. The lowest BCUT2D eigenvalue weighted by molar-refractivity contribution is 0.102. The number of amides is 1. The van der Waals surface area contributed by atoms with Crippen molar-refractivity contribution in [3.8, 4) is 10.6 Å². The first-order chi connectivity index (χ1) is 17.6. The number of aliphatic hydroxyl groups excluding tert-OH is 1. The number of hydrogen-bond acceptors (Lipinski definition) is 5. The molecule has 0 spiro atoms. The quantitative estimate of drug-likeness (QED) is 0.264. The number of benzene rings is 2. The molecule has 37 heavy (non-hydrogen) atoms. The fourth-order valence-corrected chi connectivity index (χ4v) is 14.7. The van der Waals surface area contributed by atoms with Crippen molar-refractivity contribution in [1.82, 2.24) is 4.98 Å². The van der Waals surface area contributed by atoms with E-state index in [1.54, 1.807) is 0 Å². The summed E-state index contributed by atoms with van der Waals surface area (Å²) in [6.07, 6.45) is 1.33. The second kappa shape index (κ2) is 11.3. The second-order valence-corrected chi connectivity index (χ2v) is 18.0. The lowest BCUT2D eigenvalue weighted by atomic mass is 10.1. The molecule has 198 valence electrons. The minimum absolute atomic E-state index is 0.0635. The molecule has 0 saturated heterocycles. The molecule has 0 saturated carbocycles. The number of hydrogen-bond donors (Lipinski definition) is 2. The molecule has 0 bridgehead atoms. The average molecular weight is 556 g/mol. The number of nitrogens with one attached hydrogen (secondary N) is 1. The molecule has 8 heteroatoms. The smallest absolute Gasteiger partial charge is 0.267 e. The summed E-state index contributed by atoms with van der Waals surface area (Å²) in [7, 11) is -1.79. The molecule has 2 heterocycles. The minimum atomic E-state index is -1.79. The van der Waals surface area contributed by atoms with Crippen molar-refractivity contribution < 1.29 is 9.90 Å². The minimum Gasteiger partial charge on any atom is -0.396 e. The van der Waals surface area contributed by atoms with Gasteiger partial charge in [-0.3, -0.25) is 4.79 Å². The Morgan fingerprint density at radius 3 is 2.32 bits per heavy atom. The molecule has 0 unspecified atom stereocenters. The first kappa shape index (κ1) is 27.8. The molecule has 1 aliphatic heterocycles. The van der Waals surface area contributed by atoms with Crippen LogP contribution >= 0.6 is 22.9 Å². The fraction of sp³-hybridized carbons (Fsp3) is 0.448. The number of carbonyl (C=O) groups is 1. The zero-order valence-electron chi connectivity index (χ0n) is 22.6. The van der Waals surface area contributed by atoms with E-state index < -0.39 is 8.24 Å². The zero-order chi connectivity index (χ0) is 26.9. The van der Waals surface area contributed by atoms with Gasteiger partial charge in [0.15, 0.2) is 8.24 Å². The van der Waals surface area contributed by atoms with Crippen molar-refractivity contribution in [2.45, 2.75) is 71.0 Å². The van der Waals surface area contributed by atoms with E-state index in [2.05, 4.69) is 68.5 Å². The molecule has 5 nitrogen and oxygen atoms in total. The summed E-state index contributed by atoms with van der Waals surface area (Å²) in [4.78, 5) is 18.5. The Labute approximate surface area is 231 Å². The third-order valence-corrected chi connectivity index (χ3v) is 16.2. The fourth-order valence-electron chi connectivity index (χ4n) is 6.53. The van der Waals surface area contributed by atoms with Crippen LogP contribution < -0.4 is 9.88 Å². The van der Waals surface area contributed by atoms with Gasteiger partial charge in [-0.05, 0) is 58.9 Å². The Kier molecular flexibility index (Phi) is 8.48. The summed E-state index contributed by atoms with van der Waals surface area (Å²) in [5, 5.41) is 14.1. The Morgan fingerprint density at radius 2 is 1.73 bits per heavy atom. The molecule has 1 aliphatic rings. The first-order valence-corrected chi connectivity index (χ1v) is 16.5. The van der Waals surface area contributed by atoms with Crippen LogP contribution in [0.1, 0.15) is 62.5 Å². The molecule has 2 aromatic carbocycles. The standard InChI is InChI=1S/C29H38ClN3O2SSi/c1-18(2)37(19(3)4,20(5)6)33-15-13-22-17-24(11-12-26(22)33)31-28(35)27-25(14-16-34)32-29(36-27)21-7-9-23(30)10-8-21/h7-12,17-20,34H,13-16H2,1-6H3,(H,31,35). The monoisotopic (exact) mass is 555 g/mol. The van der Waals surface area contributed by atoms with Crippen LogP contribution in [0.4, 0.5) is 11.4 Å². The summed E-state index contributed by atoms with van der Waals surface area (Å²) in [6, 6.07) is 13.8. The van der Waals surface area contributed by atoms with Crippen LogP contribution in [0.5, 0.6) is 0 Å². The highest BCUT2D eigenvalue weighted by Gasteiger charge is 2.50. The number of aliphatic hydroxyl groups is 1. The number of halogens is 1. The van der Waals surface area contributed by atoms with E-state index in [0.29, 0.717) is 38.6 Å². The molecular formula is C29H38ClN3O2SSi. The van der Waals surface area contributed by atoms with Gasteiger partial charge in [-0.25, -0.2) is 4.98 Å². The predicted octanol–water partition coefficient (Wildman–Crippen LogP) is 7.79. The van der Waals surface area contributed by atoms with Gasteiger partial charge in [0.25, 0.3) is 5.91 Å². The van der Waals surface area contributed by atoms with Gasteiger partial charge >= 0.3 is 0 Å². The number of anilines is 2. The van der Waals surface area contributed by atoms with E-state index in [4.69, 9.17) is 11.6 Å². The normalized spacial score (nSPS) is 13.6. The van der Waals surface area contributed by atoms with E-state index >= 15 is 0 Å². The van der Waals surface area contributed by atoms with Gasteiger partial charge in [-0.15, -0.1) is 11.3 Å². The first-order valence-electron chi connectivity index (χ1n) is 13.2. The number of aromatic nitrogens is 1. The molecule has 0 atom stereocenters. The lowest BCUT2D eigenvalue weighted by Gasteiger charge is -2.51. The Morgan fingerprint density at radius 1 is 1.08 bits per heavy atom. The maximum Gasteiger partial charge on any atom is 0.267 e. The number of fused-ring (bicyclic) bond motifs is 1. The summed E-state index contributed by atoms with van der Waals surface area (Å²) >= 11 is 7.38. The van der Waals surface area contributed by atoms with Crippen molar-refractivity contribution in [3.63, 3.8) is 0 Å². The largest absolute Gasteiger partial charge is 0.396 e. The second-order valence-electron chi connectivity index (χ2n) is 10.8. The van der Waals surface area contributed by atoms with Crippen molar-refractivity contribution in [1.29, 1.82) is 0 Å². The molecule has 0 radical (unpaired) electrons. The summed E-state index contributed by atoms with van der Waals surface area (Å²) < 4.78 is 2.76. The molecule has 3 aromatic rings. The van der Waals surface area contributed by atoms with Crippen molar-refractivity contribution in [2.75, 3.05) is 23.0 Å². The molecule has 1 amide bonds. The molecule has 0 fully saturated rings. The van der Waals surface area contributed by atoms with Crippen molar-refractivity contribution in [3.05, 3.63) is 63.6 Å². The topological polar surface area (TPSA) is 65.5 Å². The van der Waals surface area contributed by atoms with E-state index in [0.717, 1.165) is 29.2 Å². The molecule has 4 rings (SSSR count). The van der Waals surface area contributed by atoms with E-state index in [-0.39, 0.29) is 12.5 Å². The highest BCUT2D eigenvalue weighted by molar-refractivity contribution is 7.17. The third kappa shape index (κ3) is 5.24. The van der Waals surface area contributed by atoms with Crippen LogP contribution in [0.3, 0.4) is 0 Å². The maximum atomic E-state index is 13.4. The lowest BCUT2D eigenvalue weighted by Crippen LogP contribution is -2.60. The summed E-state index contributed by atoms with van der Waals surface area (Å²) in [5.74, 6) is -0.189. The van der Waals surface area contributed by atoms with Crippen molar-refractivity contribution >= 4 is 48.5 Å². The Balaban J connectivity index is 1.60. The van der Waals surface area contributed by atoms with Crippen LogP contribution in [0.2, 0.25) is 21.6 Å². The van der Waals surface area contributed by atoms with Crippen LogP contribution in [-0.4, -0.2) is 37.4 Å². The van der Waals surface area contributed by atoms with Crippen LogP contribution in [0.15, 0.2) is 42.5 Å². The van der Waals surface area contributed by atoms with Gasteiger partial charge in [0.2, 0.25) is 0 Å². The van der Waals surface area contributed by atoms with Gasteiger partial charge in [-0.1, -0.05) is 65.3 Å². The molecular weight excluding hydrogens is 518 g/mol. The van der Waals surface area contributed by atoms with Gasteiger partial charge in [0.1, 0.15) is 9.88 Å². The SMILES string of the molecule is CC(C)[Si](C(C)C)(C(C)C)N1CCc2cc(NC(=O)c3sc(-c4ccc(Cl)cc4)nc3CCO)ccc21. The van der Waals surface area contributed by atoms with Crippen LogP contribution in [0, 0.1) is 0 Å². The number of rotatable bonds is 9. The van der Waals surface area contributed by atoms with Gasteiger partial charge in [-0.2, -0.15) is 0 Å². The van der Waals surface area contributed by atoms with Gasteiger partial charge in [0.05, 0.1) is 5.69 Å². The van der Waals surface area contributed by atoms with Crippen molar-refractivity contribution in [2.24, 2.45) is 0 Å². The highest BCUT2D eigenvalue weighted by atomic mass is 35.5. The van der Waals surface area contributed by atoms with Crippen LogP contribution in [-0.2, 0) is 12.8 Å². The maximum absolute atomic E-state index is 13.4. The van der Waals surface area contributed by atoms with Gasteiger partial charge < -0.3 is 15.0 Å². The highest BCUT2D eigenvalue weighted by Crippen LogP contribution is 2.48. The number of carbonyl (C=O) groups excluding carboxylic acids is 1. The molecule has 1 aromatic heterocycles. The number of thiazole rings is 1. The van der Waals surface area contributed by atoms with Gasteiger partial charge in [0, 0.05) is 41.5 Å². The third-order valence-electron chi connectivity index (χ3n) is 7.82. The van der Waals surface area contributed by atoms with E-state index in [1.807, 2.05) is 30.3 Å². The zero-order valence-corrected chi connectivity index (χ0v) is 25.2. The van der Waals surface area contributed by atoms with E-state index in [1.165, 1.54) is 22.6 Å². The summed E-state index contributed by atoms with van der Waals surface area (Å²) in [6.45, 7) is 15.4. The Hall–Kier alpha value is -2.19. The van der Waals surface area contributed by atoms with Crippen LogP contribution in [0.25, 0.3) is 10.6 Å². The molecule has 2 N–H and O–H groups in total. The number of nitrogens with zero attached hydrogens (tertiary/aromatic N) is 2. The molecule has 0 aliphatic carbocycles. The average Bonchev–Trinajstić information content (AvgIpc) is 3.44. The van der Waals surface area contributed by atoms with E-state index in [9.17, 15) is 9.90 Å². The Bertz CT molecular complexity index is 1230. The summed E-state index contributed by atoms with van der Waals surface area (Å²) in [5.41, 5.74) is 6.88.